The van der Waals surface area contributed by atoms with E-state index < -0.39 is 0 Å². The molecular weight excluding hydrogens is 402 g/mol. The Morgan fingerprint density at radius 1 is 0.968 bits per heavy atom. The van der Waals surface area contributed by atoms with Crippen LogP contribution in [0.3, 0.4) is 0 Å². The molecule has 6 heteroatoms. The van der Waals surface area contributed by atoms with E-state index in [1.54, 1.807) is 11.8 Å². The maximum atomic E-state index is 9.01. The molecule has 5 rings (SSSR count). The van der Waals surface area contributed by atoms with Gasteiger partial charge in [-0.1, -0.05) is 60.3 Å². The lowest BCUT2D eigenvalue weighted by Gasteiger charge is -2.12. The van der Waals surface area contributed by atoms with Crippen LogP contribution in [0, 0.1) is 18.3 Å². The number of aromatic amines is 1. The van der Waals surface area contributed by atoms with Gasteiger partial charge >= 0.3 is 0 Å². The number of nitrogens with zero attached hydrogens (tertiary/aromatic N) is 4. The van der Waals surface area contributed by atoms with Crippen molar-refractivity contribution in [3.05, 3.63) is 95.7 Å². The summed E-state index contributed by atoms with van der Waals surface area (Å²) >= 11 is 1.64. The number of para-hydroxylation sites is 2. The summed E-state index contributed by atoms with van der Waals surface area (Å²) < 4.78 is 2.14. The van der Waals surface area contributed by atoms with Crippen molar-refractivity contribution >= 4 is 22.7 Å². The van der Waals surface area contributed by atoms with Gasteiger partial charge in [-0.3, -0.25) is 4.57 Å². The molecule has 0 spiro atoms. The van der Waals surface area contributed by atoms with E-state index in [1.807, 2.05) is 54.7 Å². The van der Waals surface area contributed by atoms with Crippen LogP contribution >= 0.6 is 11.8 Å². The van der Waals surface area contributed by atoms with E-state index >= 15 is 0 Å². The molecule has 0 bridgehead atoms. The van der Waals surface area contributed by atoms with Crippen LogP contribution < -0.4 is 0 Å². The highest BCUT2D eigenvalue weighted by molar-refractivity contribution is 7.98. The number of thioether (sulfide) groups is 1. The summed E-state index contributed by atoms with van der Waals surface area (Å²) in [4.78, 5) is 3.34. The second-order valence-electron chi connectivity index (χ2n) is 7.27. The zero-order chi connectivity index (χ0) is 21.2. The Labute approximate surface area is 184 Å². The highest BCUT2D eigenvalue weighted by Crippen LogP contribution is 2.34. The average molecular weight is 422 g/mol. The quantitative estimate of drug-likeness (QED) is 0.359. The first kappa shape index (κ1) is 19.2. The summed E-state index contributed by atoms with van der Waals surface area (Å²) in [7, 11) is 0. The third kappa shape index (κ3) is 3.60. The minimum atomic E-state index is 0.665. The van der Waals surface area contributed by atoms with Crippen LogP contribution in [0.2, 0.25) is 0 Å². The molecule has 150 valence electrons. The molecule has 5 nitrogen and oxygen atoms in total. The monoisotopic (exact) mass is 421 g/mol. The topological polar surface area (TPSA) is 70.3 Å². The summed E-state index contributed by atoms with van der Waals surface area (Å²) in [6.45, 7) is 2.10. The van der Waals surface area contributed by atoms with Crippen molar-refractivity contribution < 1.29 is 0 Å². The second kappa shape index (κ2) is 8.13. The van der Waals surface area contributed by atoms with E-state index in [0.717, 1.165) is 50.0 Å². The molecule has 0 aliphatic carbocycles. The SMILES string of the molecule is Cc1ccccc1-n1c(SCc2ccc(C#N)cc2)nnc1-c1c[nH]c2ccccc12. The maximum absolute atomic E-state index is 9.01. The lowest BCUT2D eigenvalue weighted by atomic mass is 10.1. The van der Waals surface area contributed by atoms with E-state index in [2.05, 4.69) is 57.0 Å². The highest BCUT2D eigenvalue weighted by atomic mass is 32.2. The molecule has 0 aliphatic heterocycles. The molecule has 0 fully saturated rings. The van der Waals surface area contributed by atoms with Gasteiger partial charge < -0.3 is 4.98 Å². The third-order valence-electron chi connectivity index (χ3n) is 5.27. The zero-order valence-corrected chi connectivity index (χ0v) is 17.7. The molecule has 0 amide bonds. The van der Waals surface area contributed by atoms with Crippen LogP contribution in [0.25, 0.3) is 28.0 Å². The Bertz CT molecular complexity index is 1410. The predicted octanol–water partition coefficient (Wildman–Crippen LogP) is 5.89. The lowest BCUT2D eigenvalue weighted by molar-refractivity contribution is 0.880. The second-order valence-corrected chi connectivity index (χ2v) is 8.22. The normalized spacial score (nSPS) is 11.0. The Balaban J connectivity index is 1.59. The molecule has 2 aromatic heterocycles. The average Bonchev–Trinajstić information content (AvgIpc) is 3.42. The van der Waals surface area contributed by atoms with Crippen molar-refractivity contribution in [2.24, 2.45) is 0 Å². The van der Waals surface area contributed by atoms with Crippen molar-refractivity contribution in [3.8, 4) is 23.1 Å². The number of aryl methyl sites for hydroxylation is 1. The molecule has 0 saturated heterocycles. The minimum Gasteiger partial charge on any atom is -0.360 e. The Morgan fingerprint density at radius 3 is 2.55 bits per heavy atom. The van der Waals surface area contributed by atoms with Crippen molar-refractivity contribution in [1.29, 1.82) is 5.26 Å². The number of aromatic nitrogens is 4. The van der Waals surface area contributed by atoms with Gasteiger partial charge in [-0.05, 0) is 42.3 Å². The molecule has 31 heavy (non-hydrogen) atoms. The van der Waals surface area contributed by atoms with Gasteiger partial charge in [-0.25, -0.2) is 0 Å². The van der Waals surface area contributed by atoms with E-state index in [4.69, 9.17) is 5.26 Å². The fourth-order valence-electron chi connectivity index (χ4n) is 3.65. The number of nitriles is 1. The number of rotatable bonds is 5. The van der Waals surface area contributed by atoms with E-state index in [0.29, 0.717) is 5.56 Å². The first-order chi connectivity index (χ1) is 15.2. The standard InChI is InChI=1S/C25H19N5S/c1-17-6-2-5-9-23(17)30-24(21-15-27-22-8-4-3-7-20(21)22)28-29-25(30)31-16-19-12-10-18(14-26)11-13-19/h2-13,15,27H,16H2,1H3. The van der Waals surface area contributed by atoms with Crippen LogP contribution in [-0.2, 0) is 5.75 Å². The summed E-state index contributed by atoms with van der Waals surface area (Å²) in [6.07, 6.45) is 2.00. The van der Waals surface area contributed by atoms with Gasteiger partial charge in [0.05, 0.1) is 17.3 Å². The van der Waals surface area contributed by atoms with Gasteiger partial charge in [0.15, 0.2) is 11.0 Å². The number of H-pyrrole nitrogens is 1. The number of hydrogen-bond donors (Lipinski definition) is 1. The van der Waals surface area contributed by atoms with Crippen LogP contribution in [0.5, 0.6) is 0 Å². The van der Waals surface area contributed by atoms with Gasteiger partial charge in [0.25, 0.3) is 0 Å². The summed E-state index contributed by atoms with van der Waals surface area (Å²) in [5, 5.41) is 20.1. The van der Waals surface area contributed by atoms with Gasteiger partial charge in [-0.2, -0.15) is 5.26 Å². The Kier molecular flexibility index (Phi) is 5.03. The fraction of sp³-hybridized carbons (Fsp3) is 0.0800. The predicted molar refractivity (Wildman–Crippen MR) is 124 cm³/mol. The molecule has 1 N–H and O–H groups in total. The van der Waals surface area contributed by atoms with E-state index in [-0.39, 0.29) is 0 Å². The summed E-state index contributed by atoms with van der Waals surface area (Å²) in [6, 6.07) is 26.3. The molecular formula is C25H19N5S. The largest absolute Gasteiger partial charge is 0.360 e. The minimum absolute atomic E-state index is 0.665. The molecule has 0 radical (unpaired) electrons. The molecule has 5 aromatic rings. The van der Waals surface area contributed by atoms with Gasteiger partial charge in [0.1, 0.15) is 0 Å². The highest BCUT2D eigenvalue weighted by Gasteiger charge is 2.19. The maximum Gasteiger partial charge on any atom is 0.196 e. The first-order valence-corrected chi connectivity index (χ1v) is 10.9. The van der Waals surface area contributed by atoms with Crippen LogP contribution in [0.15, 0.2) is 84.1 Å². The number of benzene rings is 3. The van der Waals surface area contributed by atoms with Crippen LogP contribution in [-0.4, -0.2) is 19.7 Å². The van der Waals surface area contributed by atoms with Gasteiger partial charge in [0, 0.05) is 28.4 Å². The lowest BCUT2D eigenvalue weighted by Crippen LogP contribution is -2.01. The number of hydrogen-bond acceptors (Lipinski definition) is 4. The van der Waals surface area contributed by atoms with E-state index in [1.165, 1.54) is 0 Å². The Morgan fingerprint density at radius 2 is 1.74 bits per heavy atom. The third-order valence-corrected chi connectivity index (χ3v) is 6.27. The molecule has 0 aliphatic rings. The Hall–Kier alpha value is -3.82. The van der Waals surface area contributed by atoms with Gasteiger partial charge in [-0.15, -0.1) is 10.2 Å². The van der Waals surface area contributed by atoms with E-state index in [9.17, 15) is 0 Å². The van der Waals surface area contributed by atoms with Crippen molar-refractivity contribution in [2.45, 2.75) is 17.8 Å². The van der Waals surface area contributed by atoms with Crippen molar-refractivity contribution in [2.75, 3.05) is 0 Å². The smallest absolute Gasteiger partial charge is 0.196 e. The van der Waals surface area contributed by atoms with Crippen LogP contribution in [0.4, 0.5) is 0 Å². The molecule has 3 aromatic carbocycles. The number of nitrogens with one attached hydrogen (secondary N) is 1. The van der Waals surface area contributed by atoms with Gasteiger partial charge in [0.2, 0.25) is 0 Å². The van der Waals surface area contributed by atoms with Crippen molar-refractivity contribution in [3.63, 3.8) is 0 Å². The fourth-order valence-corrected chi connectivity index (χ4v) is 4.55. The summed E-state index contributed by atoms with van der Waals surface area (Å²) in [5.41, 5.74) is 6.12. The van der Waals surface area contributed by atoms with Crippen LogP contribution in [0.1, 0.15) is 16.7 Å². The molecule has 2 heterocycles. The summed E-state index contributed by atoms with van der Waals surface area (Å²) in [5.74, 6) is 1.55. The number of fused-ring (bicyclic) bond motifs is 1. The van der Waals surface area contributed by atoms with Crippen molar-refractivity contribution in [1.82, 2.24) is 19.7 Å². The first-order valence-electron chi connectivity index (χ1n) is 9.94. The molecule has 0 saturated carbocycles. The molecule has 0 atom stereocenters. The zero-order valence-electron chi connectivity index (χ0n) is 16.9. The molecule has 0 unspecified atom stereocenters.